The van der Waals surface area contributed by atoms with Crippen LogP contribution < -0.4 is 11.1 Å². The summed E-state index contributed by atoms with van der Waals surface area (Å²) < 4.78 is 0. The van der Waals surface area contributed by atoms with Gasteiger partial charge in [0.1, 0.15) is 0 Å². The molecule has 1 amide bonds. The van der Waals surface area contributed by atoms with Crippen LogP contribution in [0.1, 0.15) is 38.3 Å². The highest BCUT2D eigenvalue weighted by Crippen LogP contribution is 2.09. The topological polar surface area (TPSA) is 55.1 Å². The molecule has 0 saturated carbocycles. The first-order valence-corrected chi connectivity index (χ1v) is 6.23. The van der Waals surface area contributed by atoms with Crippen molar-refractivity contribution in [1.82, 2.24) is 5.32 Å². The smallest absolute Gasteiger partial charge is 0.222 e. The van der Waals surface area contributed by atoms with Gasteiger partial charge in [-0.25, -0.2) is 0 Å². The monoisotopic (exact) mass is 270 g/mol. The first-order valence-electron chi connectivity index (χ1n) is 6.23. The van der Waals surface area contributed by atoms with E-state index < -0.39 is 0 Å². The van der Waals surface area contributed by atoms with Crippen LogP contribution in [0.2, 0.25) is 0 Å². The van der Waals surface area contributed by atoms with Gasteiger partial charge < -0.3 is 11.1 Å². The number of carbonyl (C=O) groups excluding carboxylic acids is 1. The Labute approximate surface area is 116 Å². The SMILES string of the molecule is CCCC(C)C(=O)NCC(N)c1ccccc1.Cl. The van der Waals surface area contributed by atoms with Gasteiger partial charge in [-0.15, -0.1) is 12.4 Å². The second-order valence-electron chi connectivity index (χ2n) is 4.45. The van der Waals surface area contributed by atoms with E-state index in [2.05, 4.69) is 12.2 Å². The number of benzene rings is 1. The van der Waals surface area contributed by atoms with Crippen molar-refractivity contribution in [2.45, 2.75) is 32.7 Å². The molecule has 0 bridgehead atoms. The number of nitrogens with one attached hydrogen (secondary N) is 1. The Balaban J connectivity index is 0.00000289. The highest BCUT2D eigenvalue weighted by Gasteiger charge is 2.13. The molecule has 2 atom stereocenters. The highest BCUT2D eigenvalue weighted by molar-refractivity contribution is 5.85. The second kappa shape index (κ2) is 8.95. The average Bonchev–Trinajstić information content (AvgIpc) is 2.36. The fourth-order valence-electron chi connectivity index (χ4n) is 1.77. The van der Waals surface area contributed by atoms with E-state index >= 15 is 0 Å². The van der Waals surface area contributed by atoms with Crippen molar-refractivity contribution in [1.29, 1.82) is 0 Å². The number of hydrogen-bond acceptors (Lipinski definition) is 2. The summed E-state index contributed by atoms with van der Waals surface area (Å²) >= 11 is 0. The molecule has 0 heterocycles. The van der Waals surface area contributed by atoms with Crippen molar-refractivity contribution >= 4 is 18.3 Å². The molecule has 1 aromatic rings. The van der Waals surface area contributed by atoms with Gasteiger partial charge in [-0.1, -0.05) is 50.6 Å². The molecule has 0 saturated heterocycles. The lowest BCUT2D eigenvalue weighted by Crippen LogP contribution is -2.35. The summed E-state index contributed by atoms with van der Waals surface area (Å²) in [6.07, 6.45) is 1.95. The number of rotatable bonds is 6. The Morgan fingerprint density at radius 2 is 1.94 bits per heavy atom. The molecule has 2 unspecified atom stereocenters. The van der Waals surface area contributed by atoms with Crippen molar-refractivity contribution in [3.63, 3.8) is 0 Å². The summed E-state index contributed by atoms with van der Waals surface area (Å²) in [4.78, 5) is 11.7. The minimum absolute atomic E-state index is 0. The summed E-state index contributed by atoms with van der Waals surface area (Å²) in [6.45, 7) is 4.53. The largest absolute Gasteiger partial charge is 0.354 e. The molecule has 0 aliphatic rings. The summed E-state index contributed by atoms with van der Waals surface area (Å²) in [5.41, 5.74) is 7.05. The third-order valence-electron chi connectivity index (χ3n) is 2.89. The van der Waals surface area contributed by atoms with Gasteiger partial charge in [-0.05, 0) is 12.0 Å². The van der Waals surface area contributed by atoms with E-state index in [0.29, 0.717) is 6.54 Å². The van der Waals surface area contributed by atoms with Gasteiger partial charge in [0.15, 0.2) is 0 Å². The number of carbonyl (C=O) groups is 1. The maximum atomic E-state index is 11.7. The first kappa shape index (κ1) is 16.9. The van der Waals surface area contributed by atoms with Gasteiger partial charge in [-0.2, -0.15) is 0 Å². The molecule has 4 heteroatoms. The number of amides is 1. The van der Waals surface area contributed by atoms with Crippen molar-refractivity contribution in [2.24, 2.45) is 11.7 Å². The molecular formula is C14H23ClN2O. The molecule has 0 spiro atoms. The van der Waals surface area contributed by atoms with Crippen LogP contribution in [0.15, 0.2) is 30.3 Å². The molecule has 3 nitrogen and oxygen atoms in total. The standard InChI is InChI=1S/C14H22N2O.ClH/c1-3-7-11(2)14(17)16-10-13(15)12-8-5-4-6-9-12;/h4-6,8-9,11,13H,3,7,10,15H2,1-2H3,(H,16,17);1H. The number of halogens is 1. The van der Waals surface area contributed by atoms with E-state index in [4.69, 9.17) is 5.73 Å². The van der Waals surface area contributed by atoms with Crippen molar-refractivity contribution in [3.8, 4) is 0 Å². The predicted octanol–water partition coefficient (Wildman–Crippen LogP) is 2.66. The minimum Gasteiger partial charge on any atom is -0.354 e. The van der Waals surface area contributed by atoms with E-state index in [-0.39, 0.29) is 30.3 Å². The lowest BCUT2D eigenvalue weighted by Gasteiger charge is -2.15. The molecule has 1 aromatic carbocycles. The van der Waals surface area contributed by atoms with Gasteiger partial charge in [0, 0.05) is 18.5 Å². The molecule has 1 rings (SSSR count). The maximum absolute atomic E-state index is 11.7. The van der Waals surface area contributed by atoms with Crippen LogP contribution in [-0.2, 0) is 4.79 Å². The average molecular weight is 271 g/mol. The molecular weight excluding hydrogens is 248 g/mol. The Hall–Kier alpha value is -1.06. The molecule has 0 aromatic heterocycles. The van der Waals surface area contributed by atoms with E-state index in [9.17, 15) is 4.79 Å². The van der Waals surface area contributed by atoms with Gasteiger partial charge in [0.25, 0.3) is 0 Å². The number of nitrogens with two attached hydrogens (primary N) is 1. The Kier molecular flexibility index (Phi) is 8.42. The van der Waals surface area contributed by atoms with Crippen molar-refractivity contribution in [2.75, 3.05) is 6.54 Å². The molecule has 0 aliphatic heterocycles. The zero-order valence-electron chi connectivity index (χ0n) is 11.1. The van der Waals surface area contributed by atoms with Gasteiger partial charge in [0.05, 0.1) is 0 Å². The summed E-state index contributed by atoms with van der Waals surface area (Å²) in [6, 6.07) is 9.69. The molecule has 3 N–H and O–H groups in total. The van der Waals surface area contributed by atoms with Crippen molar-refractivity contribution < 1.29 is 4.79 Å². The lowest BCUT2D eigenvalue weighted by molar-refractivity contribution is -0.124. The molecule has 0 aliphatic carbocycles. The van der Waals surface area contributed by atoms with E-state index in [0.717, 1.165) is 18.4 Å². The quantitative estimate of drug-likeness (QED) is 0.835. The number of hydrogen-bond donors (Lipinski definition) is 2. The Morgan fingerprint density at radius 3 is 2.50 bits per heavy atom. The molecule has 18 heavy (non-hydrogen) atoms. The van der Waals surface area contributed by atoms with Crippen LogP contribution in [0.3, 0.4) is 0 Å². The normalized spacial score (nSPS) is 13.3. The zero-order valence-corrected chi connectivity index (χ0v) is 11.9. The predicted molar refractivity (Wildman–Crippen MR) is 77.7 cm³/mol. The highest BCUT2D eigenvalue weighted by atomic mass is 35.5. The van der Waals surface area contributed by atoms with Crippen LogP contribution in [0.4, 0.5) is 0 Å². The van der Waals surface area contributed by atoms with E-state index in [1.165, 1.54) is 0 Å². The van der Waals surface area contributed by atoms with E-state index in [1.807, 2.05) is 37.3 Å². The van der Waals surface area contributed by atoms with Gasteiger partial charge >= 0.3 is 0 Å². The van der Waals surface area contributed by atoms with Crippen LogP contribution in [-0.4, -0.2) is 12.5 Å². The van der Waals surface area contributed by atoms with Crippen LogP contribution >= 0.6 is 12.4 Å². The van der Waals surface area contributed by atoms with Gasteiger partial charge in [0.2, 0.25) is 5.91 Å². The summed E-state index contributed by atoms with van der Waals surface area (Å²) in [5, 5.41) is 2.90. The lowest BCUT2D eigenvalue weighted by atomic mass is 10.0. The Bertz CT molecular complexity index is 343. The maximum Gasteiger partial charge on any atom is 0.222 e. The fourth-order valence-corrected chi connectivity index (χ4v) is 1.77. The van der Waals surface area contributed by atoms with Crippen LogP contribution in [0.25, 0.3) is 0 Å². The fraction of sp³-hybridized carbons (Fsp3) is 0.500. The summed E-state index contributed by atoms with van der Waals surface area (Å²) in [5.74, 6) is 0.168. The first-order chi connectivity index (χ1) is 8.15. The minimum atomic E-state index is -0.131. The zero-order chi connectivity index (χ0) is 12.7. The van der Waals surface area contributed by atoms with Gasteiger partial charge in [-0.3, -0.25) is 4.79 Å². The van der Waals surface area contributed by atoms with Crippen molar-refractivity contribution in [3.05, 3.63) is 35.9 Å². The third-order valence-corrected chi connectivity index (χ3v) is 2.89. The van der Waals surface area contributed by atoms with Crippen LogP contribution in [0, 0.1) is 5.92 Å². The summed E-state index contributed by atoms with van der Waals surface area (Å²) in [7, 11) is 0. The molecule has 0 fully saturated rings. The third kappa shape index (κ3) is 5.52. The van der Waals surface area contributed by atoms with Crippen LogP contribution in [0.5, 0.6) is 0 Å². The molecule has 102 valence electrons. The molecule has 0 radical (unpaired) electrons. The second-order valence-corrected chi connectivity index (χ2v) is 4.45. The van der Waals surface area contributed by atoms with E-state index in [1.54, 1.807) is 0 Å². The Morgan fingerprint density at radius 1 is 1.33 bits per heavy atom.